The van der Waals surface area contributed by atoms with Crippen LogP contribution in [-0.2, 0) is 11.4 Å². The fraction of sp³-hybridized carbons (Fsp3) is 0.115. The van der Waals surface area contributed by atoms with Crippen LogP contribution in [0.2, 0.25) is 0 Å². The summed E-state index contributed by atoms with van der Waals surface area (Å²) in [6, 6.07) is 21.4. The Morgan fingerprint density at radius 2 is 1.65 bits per heavy atom. The van der Waals surface area contributed by atoms with Crippen molar-refractivity contribution >= 4 is 40.6 Å². The van der Waals surface area contributed by atoms with Crippen molar-refractivity contribution in [2.75, 3.05) is 14.2 Å². The van der Waals surface area contributed by atoms with Gasteiger partial charge in [-0.3, -0.25) is 9.69 Å². The lowest BCUT2D eigenvalue weighted by molar-refractivity contribution is -0.121. The zero-order valence-electron chi connectivity index (χ0n) is 18.6. The van der Waals surface area contributed by atoms with Crippen molar-refractivity contribution in [3.8, 4) is 11.5 Å². The van der Waals surface area contributed by atoms with Crippen LogP contribution in [0.1, 0.15) is 21.5 Å². The van der Waals surface area contributed by atoms with Crippen molar-refractivity contribution < 1.29 is 24.2 Å². The number of methoxy groups -OCH3 is 1. The number of carbonyl (C=O) groups is 2. The largest absolute Gasteiger partial charge is 0.497 e. The summed E-state index contributed by atoms with van der Waals surface area (Å²) < 4.78 is 11.0. The third-order valence-electron chi connectivity index (χ3n) is 5.09. The van der Waals surface area contributed by atoms with E-state index >= 15 is 0 Å². The number of carbonyl (C=O) groups excluding carboxylic acids is 1. The van der Waals surface area contributed by atoms with Gasteiger partial charge in [0.2, 0.25) is 0 Å². The summed E-state index contributed by atoms with van der Waals surface area (Å²) >= 11 is 1.27. The number of benzene rings is 3. The van der Waals surface area contributed by atoms with E-state index in [1.165, 1.54) is 28.8 Å². The van der Waals surface area contributed by atoms with Crippen molar-refractivity contribution in [3.63, 3.8) is 0 Å². The fourth-order valence-corrected chi connectivity index (χ4v) is 4.13. The second-order valence-electron chi connectivity index (χ2n) is 7.43. The molecule has 3 aromatic carbocycles. The monoisotopic (exact) mass is 474 g/mol. The van der Waals surface area contributed by atoms with Crippen LogP contribution in [0.5, 0.6) is 11.5 Å². The Morgan fingerprint density at radius 1 is 1.00 bits per heavy atom. The Labute approximate surface area is 201 Å². The molecule has 8 heteroatoms. The predicted molar refractivity (Wildman–Crippen MR) is 133 cm³/mol. The zero-order valence-corrected chi connectivity index (χ0v) is 19.4. The van der Waals surface area contributed by atoms with Crippen molar-refractivity contribution in [1.29, 1.82) is 0 Å². The predicted octanol–water partition coefficient (Wildman–Crippen LogP) is 5.21. The molecule has 0 aliphatic carbocycles. The number of rotatable bonds is 7. The molecule has 3 aromatic rings. The first-order chi connectivity index (χ1) is 16.4. The topological polar surface area (TPSA) is 88.4 Å². The van der Waals surface area contributed by atoms with E-state index < -0.39 is 5.97 Å². The SMILES string of the molecule is COc1ccc(COc2ccc(/C=C3/SC(=Nc4ccc(C(=O)O)cc4)N(C)C3=O)cc2)cc1. The summed E-state index contributed by atoms with van der Waals surface area (Å²) in [5, 5.41) is 9.54. The molecule has 0 radical (unpaired) electrons. The molecule has 34 heavy (non-hydrogen) atoms. The average Bonchev–Trinajstić information content (AvgIpc) is 3.12. The molecule has 172 valence electrons. The van der Waals surface area contributed by atoms with Gasteiger partial charge in [0, 0.05) is 7.05 Å². The van der Waals surface area contributed by atoms with E-state index in [0.717, 1.165) is 22.6 Å². The molecular weight excluding hydrogens is 452 g/mol. The van der Waals surface area contributed by atoms with Crippen molar-refractivity contribution in [3.05, 3.63) is 94.4 Å². The van der Waals surface area contributed by atoms with Gasteiger partial charge in [0.25, 0.3) is 5.91 Å². The molecule has 1 heterocycles. The number of amides is 1. The first-order valence-electron chi connectivity index (χ1n) is 10.4. The molecule has 1 N–H and O–H groups in total. The van der Waals surface area contributed by atoms with Crippen LogP contribution in [0, 0.1) is 0 Å². The van der Waals surface area contributed by atoms with Crippen LogP contribution in [0.4, 0.5) is 5.69 Å². The first kappa shape index (κ1) is 23.1. The molecule has 0 spiro atoms. The molecule has 7 nitrogen and oxygen atoms in total. The molecule has 0 saturated carbocycles. The van der Waals surface area contributed by atoms with Crippen molar-refractivity contribution in [1.82, 2.24) is 4.90 Å². The van der Waals surface area contributed by atoms with E-state index in [4.69, 9.17) is 14.6 Å². The van der Waals surface area contributed by atoms with Crippen LogP contribution in [-0.4, -0.2) is 41.2 Å². The van der Waals surface area contributed by atoms with Gasteiger partial charge in [0.05, 0.1) is 23.3 Å². The van der Waals surface area contributed by atoms with Gasteiger partial charge in [-0.05, 0) is 77.5 Å². The maximum atomic E-state index is 12.7. The van der Waals surface area contributed by atoms with E-state index in [9.17, 15) is 9.59 Å². The minimum atomic E-state index is -0.996. The summed E-state index contributed by atoms with van der Waals surface area (Å²) in [6.07, 6.45) is 1.81. The van der Waals surface area contributed by atoms with Gasteiger partial charge in [-0.1, -0.05) is 24.3 Å². The molecule has 1 saturated heterocycles. The molecule has 0 unspecified atom stereocenters. The summed E-state index contributed by atoms with van der Waals surface area (Å²) in [5.41, 5.74) is 2.66. The second kappa shape index (κ2) is 10.3. The number of nitrogens with zero attached hydrogens (tertiary/aromatic N) is 2. The molecule has 0 aromatic heterocycles. The van der Waals surface area contributed by atoms with Gasteiger partial charge in [-0.25, -0.2) is 9.79 Å². The smallest absolute Gasteiger partial charge is 0.335 e. The van der Waals surface area contributed by atoms with Crippen molar-refractivity contribution in [2.45, 2.75) is 6.61 Å². The maximum Gasteiger partial charge on any atom is 0.335 e. The minimum Gasteiger partial charge on any atom is -0.497 e. The molecule has 1 amide bonds. The number of hydrogen-bond acceptors (Lipinski definition) is 6. The maximum absolute atomic E-state index is 12.7. The number of carboxylic acids is 1. The molecular formula is C26H22N2O5S. The second-order valence-corrected chi connectivity index (χ2v) is 8.44. The summed E-state index contributed by atoms with van der Waals surface area (Å²) in [6.45, 7) is 0.441. The highest BCUT2D eigenvalue weighted by Gasteiger charge is 2.30. The zero-order chi connectivity index (χ0) is 24.1. The normalized spacial score (nSPS) is 15.7. The number of amidine groups is 1. The van der Waals surface area contributed by atoms with Crippen LogP contribution in [0.3, 0.4) is 0 Å². The number of hydrogen-bond donors (Lipinski definition) is 1. The van der Waals surface area contributed by atoms with E-state index in [0.29, 0.717) is 22.4 Å². The molecule has 4 rings (SSSR count). The molecule has 1 aliphatic rings. The highest BCUT2D eigenvalue weighted by Crippen LogP contribution is 2.33. The van der Waals surface area contributed by atoms with E-state index in [1.54, 1.807) is 26.3 Å². The lowest BCUT2D eigenvalue weighted by Crippen LogP contribution is -2.23. The Balaban J connectivity index is 1.41. The van der Waals surface area contributed by atoms with E-state index in [1.807, 2.05) is 54.6 Å². The van der Waals surface area contributed by atoms with Crippen LogP contribution in [0.25, 0.3) is 6.08 Å². The Bertz CT molecular complexity index is 1250. The minimum absolute atomic E-state index is 0.147. The summed E-state index contributed by atoms with van der Waals surface area (Å²) in [7, 11) is 3.30. The van der Waals surface area contributed by atoms with Gasteiger partial charge < -0.3 is 14.6 Å². The van der Waals surface area contributed by atoms with Gasteiger partial charge >= 0.3 is 5.97 Å². The van der Waals surface area contributed by atoms with Gasteiger partial charge in [-0.2, -0.15) is 0 Å². The number of likely N-dealkylation sites (N-methyl/N-ethyl adjacent to an activating group) is 1. The Morgan fingerprint density at radius 3 is 2.26 bits per heavy atom. The third kappa shape index (κ3) is 5.47. The number of aromatic carboxylic acids is 1. The standard InChI is InChI=1S/C26H22N2O5S/c1-28-24(29)23(34-26(28)27-20-9-7-19(8-10-20)25(30)31)15-17-3-13-22(14-4-17)33-16-18-5-11-21(32-2)12-6-18/h3-15H,16H2,1-2H3,(H,30,31)/b23-15+,27-26?. The van der Waals surface area contributed by atoms with Crippen LogP contribution in [0.15, 0.2) is 82.7 Å². The lowest BCUT2D eigenvalue weighted by atomic mass is 10.2. The van der Waals surface area contributed by atoms with E-state index in [-0.39, 0.29) is 11.5 Å². The summed E-state index contributed by atoms with van der Waals surface area (Å²) in [5.74, 6) is 0.387. The van der Waals surface area contributed by atoms with Crippen LogP contribution >= 0.6 is 11.8 Å². The number of thioether (sulfide) groups is 1. The Hall–Kier alpha value is -4.04. The average molecular weight is 475 g/mol. The lowest BCUT2D eigenvalue weighted by Gasteiger charge is -2.07. The first-order valence-corrected chi connectivity index (χ1v) is 11.2. The third-order valence-corrected chi connectivity index (χ3v) is 6.15. The Kier molecular flexibility index (Phi) is 6.98. The van der Waals surface area contributed by atoms with E-state index in [2.05, 4.69) is 4.99 Å². The highest BCUT2D eigenvalue weighted by atomic mass is 32.2. The number of carboxylic acid groups (broad SMARTS) is 1. The summed E-state index contributed by atoms with van der Waals surface area (Å²) in [4.78, 5) is 30.2. The number of aliphatic imine (C=N–C) groups is 1. The molecule has 1 aliphatic heterocycles. The van der Waals surface area contributed by atoms with Crippen molar-refractivity contribution in [2.24, 2.45) is 4.99 Å². The van der Waals surface area contributed by atoms with Gasteiger partial charge in [0.1, 0.15) is 18.1 Å². The van der Waals surface area contributed by atoms with Crippen LogP contribution < -0.4 is 9.47 Å². The van der Waals surface area contributed by atoms with Gasteiger partial charge in [0.15, 0.2) is 5.17 Å². The molecule has 1 fully saturated rings. The highest BCUT2D eigenvalue weighted by molar-refractivity contribution is 8.18. The molecule has 0 atom stereocenters. The quantitative estimate of drug-likeness (QED) is 0.473. The fourth-order valence-electron chi connectivity index (χ4n) is 3.14. The number of ether oxygens (including phenoxy) is 2. The van der Waals surface area contributed by atoms with Gasteiger partial charge in [-0.15, -0.1) is 0 Å². The molecule has 0 bridgehead atoms.